The molecule has 1 amide bonds. The molecule has 1 heterocycles. The van der Waals surface area contributed by atoms with Crippen LogP contribution >= 0.6 is 11.3 Å². The fraction of sp³-hybridized carbons (Fsp3) is 0.250. The number of nitrogens with one attached hydrogen (secondary N) is 1. The van der Waals surface area contributed by atoms with Gasteiger partial charge >= 0.3 is 0 Å². The Morgan fingerprint density at radius 1 is 1.03 bits per heavy atom. The van der Waals surface area contributed by atoms with Crippen molar-refractivity contribution >= 4 is 28.5 Å². The summed E-state index contributed by atoms with van der Waals surface area (Å²) in [6.07, 6.45) is 5.42. The predicted octanol–water partition coefficient (Wildman–Crippen LogP) is 6.04. The summed E-state index contributed by atoms with van der Waals surface area (Å²) in [5.74, 6) is 1.45. The molecule has 0 unspecified atom stereocenters. The van der Waals surface area contributed by atoms with Gasteiger partial charge in [-0.3, -0.25) is 10.1 Å². The summed E-state index contributed by atoms with van der Waals surface area (Å²) in [5.41, 5.74) is 2.74. The molecule has 0 aliphatic heterocycles. The third-order valence-electron chi connectivity index (χ3n) is 4.27. The molecule has 0 saturated heterocycles. The van der Waals surface area contributed by atoms with Crippen molar-refractivity contribution < 1.29 is 14.3 Å². The van der Waals surface area contributed by atoms with E-state index in [4.69, 9.17) is 9.47 Å². The van der Waals surface area contributed by atoms with E-state index in [0.29, 0.717) is 11.7 Å². The van der Waals surface area contributed by atoms with E-state index in [0.717, 1.165) is 47.8 Å². The van der Waals surface area contributed by atoms with Gasteiger partial charge in [-0.25, -0.2) is 4.98 Å². The van der Waals surface area contributed by atoms with Crippen LogP contribution in [0.2, 0.25) is 0 Å². The summed E-state index contributed by atoms with van der Waals surface area (Å²) in [4.78, 5) is 16.7. The van der Waals surface area contributed by atoms with E-state index in [1.165, 1.54) is 17.4 Å². The molecule has 0 atom stereocenters. The Balaban J connectivity index is 1.54. The fourth-order valence-corrected chi connectivity index (χ4v) is 3.40. The number of carbonyl (C=O) groups is 1. The zero-order valence-electron chi connectivity index (χ0n) is 17.3. The van der Waals surface area contributed by atoms with Gasteiger partial charge in [-0.15, -0.1) is 11.3 Å². The molecule has 0 spiro atoms. The number of hydrogen-bond donors (Lipinski definition) is 1. The average Bonchev–Trinajstić information content (AvgIpc) is 3.22. The molecule has 1 N–H and O–H groups in total. The number of aromatic nitrogens is 1. The van der Waals surface area contributed by atoms with Gasteiger partial charge in [-0.2, -0.15) is 0 Å². The lowest BCUT2D eigenvalue weighted by atomic mass is 10.2. The number of rotatable bonds is 10. The summed E-state index contributed by atoms with van der Waals surface area (Å²) < 4.78 is 11.1. The smallest absolute Gasteiger partial charge is 0.250 e. The van der Waals surface area contributed by atoms with Crippen LogP contribution in [0.3, 0.4) is 0 Å². The number of hydrogen-bond acceptors (Lipinski definition) is 5. The molecule has 5 nitrogen and oxygen atoms in total. The first-order valence-electron chi connectivity index (χ1n) is 10.1. The van der Waals surface area contributed by atoms with E-state index in [-0.39, 0.29) is 5.91 Å². The molecule has 0 bridgehead atoms. The Morgan fingerprint density at radius 2 is 1.73 bits per heavy atom. The van der Waals surface area contributed by atoms with Crippen LogP contribution in [-0.4, -0.2) is 24.1 Å². The molecule has 156 valence electrons. The number of nitrogens with zero attached hydrogens (tertiary/aromatic N) is 1. The lowest BCUT2D eigenvalue weighted by molar-refractivity contribution is -0.111. The van der Waals surface area contributed by atoms with Crippen LogP contribution in [0.1, 0.15) is 32.3 Å². The second-order valence-corrected chi connectivity index (χ2v) is 7.45. The summed E-state index contributed by atoms with van der Waals surface area (Å²) in [7, 11) is 0. The van der Waals surface area contributed by atoms with Crippen molar-refractivity contribution in [3.63, 3.8) is 0 Å². The Kier molecular flexibility index (Phi) is 8.03. The maximum atomic E-state index is 12.2. The standard InChI is InChI=1S/C24H26N2O3S/c1-3-5-16-29-21-13-9-19(10-14-21)22-17-30-24(25-22)26-23(27)15-8-18-6-11-20(12-7-18)28-4-2/h6-15,17H,3-5,16H2,1-2H3,(H,25,26,27). The minimum absolute atomic E-state index is 0.218. The van der Waals surface area contributed by atoms with Gasteiger partial charge < -0.3 is 9.47 Å². The van der Waals surface area contributed by atoms with Crippen molar-refractivity contribution in [1.29, 1.82) is 0 Å². The lowest BCUT2D eigenvalue weighted by Gasteiger charge is -2.05. The third-order valence-corrected chi connectivity index (χ3v) is 5.03. The molecule has 0 aliphatic carbocycles. The van der Waals surface area contributed by atoms with Crippen molar-refractivity contribution in [1.82, 2.24) is 4.98 Å². The van der Waals surface area contributed by atoms with Crippen molar-refractivity contribution in [3.05, 3.63) is 65.6 Å². The first kappa shape index (κ1) is 21.6. The minimum Gasteiger partial charge on any atom is -0.494 e. The van der Waals surface area contributed by atoms with Crippen LogP contribution in [0.4, 0.5) is 5.13 Å². The second-order valence-electron chi connectivity index (χ2n) is 6.59. The number of benzene rings is 2. The van der Waals surface area contributed by atoms with Gasteiger partial charge in [0.25, 0.3) is 0 Å². The van der Waals surface area contributed by atoms with Crippen LogP contribution in [0.25, 0.3) is 17.3 Å². The number of amides is 1. The van der Waals surface area contributed by atoms with Crippen molar-refractivity contribution in [2.24, 2.45) is 0 Å². The molecule has 0 saturated carbocycles. The minimum atomic E-state index is -0.218. The summed E-state index contributed by atoms with van der Waals surface area (Å²) in [5, 5.41) is 5.31. The largest absolute Gasteiger partial charge is 0.494 e. The van der Waals surface area contributed by atoms with Gasteiger partial charge in [0, 0.05) is 17.0 Å². The maximum Gasteiger partial charge on any atom is 0.250 e. The maximum absolute atomic E-state index is 12.2. The van der Waals surface area contributed by atoms with Gasteiger partial charge in [0.1, 0.15) is 11.5 Å². The summed E-state index contributed by atoms with van der Waals surface area (Å²) >= 11 is 1.40. The molecule has 3 rings (SSSR count). The van der Waals surface area contributed by atoms with Crippen molar-refractivity contribution in [2.45, 2.75) is 26.7 Å². The number of unbranched alkanes of at least 4 members (excludes halogenated alkanes) is 1. The van der Waals surface area contributed by atoms with Crippen LogP contribution in [0, 0.1) is 0 Å². The van der Waals surface area contributed by atoms with E-state index >= 15 is 0 Å². The van der Waals surface area contributed by atoms with Gasteiger partial charge in [0.05, 0.1) is 18.9 Å². The normalized spacial score (nSPS) is 10.9. The van der Waals surface area contributed by atoms with Gasteiger partial charge in [0.2, 0.25) is 5.91 Å². The van der Waals surface area contributed by atoms with E-state index in [1.807, 2.05) is 60.8 Å². The molecule has 6 heteroatoms. The number of carbonyl (C=O) groups excluding carboxylic acids is 1. The molecular formula is C24H26N2O3S. The first-order chi connectivity index (χ1) is 14.7. The van der Waals surface area contributed by atoms with Crippen LogP contribution in [0.15, 0.2) is 60.0 Å². The Morgan fingerprint density at radius 3 is 2.43 bits per heavy atom. The fourth-order valence-electron chi connectivity index (χ4n) is 2.68. The predicted molar refractivity (Wildman–Crippen MR) is 123 cm³/mol. The Labute approximate surface area is 181 Å². The van der Waals surface area contributed by atoms with E-state index in [2.05, 4.69) is 17.2 Å². The number of ether oxygens (including phenoxy) is 2. The molecule has 30 heavy (non-hydrogen) atoms. The molecule has 2 aromatic carbocycles. The van der Waals surface area contributed by atoms with E-state index in [9.17, 15) is 4.79 Å². The second kappa shape index (κ2) is 11.2. The van der Waals surface area contributed by atoms with Crippen molar-refractivity contribution in [3.8, 4) is 22.8 Å². The Hall–Kier alpha value is -3.12. The zero-order valence-corrected chi connectivity index (χ0v) is 18.1. The Bertz CT molecular complexity index is 963. The monoisotopic (exact) mass is 422 g/mol. The number of anilines is 1. The van der Waals surface area contributed by atoms with Gasteiger partial charge in [0.15, 0.2) is 5.13 Å². The SMILES string of the molecule is CCCCOc1ccc(-c2csc(NC(=O)C=Cc3ccc(OCC)cc3)n2)cc1. The van der Waals surface area contributed by atoms with Gasteiger partial charge in [-0.1, -0.05) is 25.5 Å². The third kappa shape index (κ3) is 6.46. The highest BCUT2D eigenvalue weighted by Crippen LogP contribution is 2.26. The summed E-state index contributed by atoms with van der Waals surface area (Å²) in [6.45, 7) is 5.44. The molecule has 0 aliphatic rings. The topological polar surface area (TPSA) is 60.5 Å². The van der Waals surface area contributed by atoms with Crippen molar-refractivity contribution in [2.75, 3.05) is 18.5 Å². The average molecular weight is 423 g/mol. The summed E-state index contributed by atoms with van der Waals surface area (Å²) in [6, 6.07) is 15.4. The van der Waals surface area contributed by atoms with Crippen LogP contribution in [0.5, 0.6) is 11.5 Å². The molecule has 0 fully saturated rings. The van der Waals surface area contributed by atoms with E-state index in [1.54, 1.807) is 6.08 Å². The van der Waals surface area contributed by atoms with Crippen LogP contribution in [-0.2, 0) is 4.79 Å². The zero-order chi connectivity index (χ0) is 21.2. The molecule has 0 radical (unpaired) electrons. The molecule has 3 aromatic rings. The highest BCUT2D eigenvalue weighted by molar-refractivity contribution is 7.14. The number of thiazole rings is 1. The van der Waals surface area contributed by atoms with E-state index < -0.39 is 0 Å². The highest BCUT2D eigenvalue weighted by Gasteiger charge is 2.07. The highest BCUT2D eigenvalue weighted by atomic mass is 32.1. The van der Waals surface area contributed by atoms with Gasteiger partial charge in [-0.05, 0) is 61.4 Å². The lowest BCUT2D eigenvalue weighted by Crippen LogP contribution is -2.07. The molecular weight excluding hydrogens is 396 g/mol. The first-order valence-corrected chi connectivity index (χ1v) is 11.0. The van der Waals surface area contributed by atoms with Crippen LogP contribution < -0.4 is 14.8 Å². The quantitative estimate of drug-likeness (QED) is 0.320. The molecule has 1 aromatic heterocycles.